The minimum atomic E-state index is -0.244. The molecule has 6 heteroatoms. The number of amides is 1. The van der Waals surface area contributed by atoms with E-state index in [9.17, 15) is 4.79 Å². The molecule has 3 aromatic rings. The van der Waals surface area contributed by atoms with E-state index in [1.807, 2.05) is 41.8 Å². The summed E-state index contributed by atoms with van der Waals surface area (Å²) in [5, 5.41) is 6.49. The standard InChI is InChI=1S/C18H12Cl2N2OS/c19-14-7-5-13(6-8-14)16-11-24-18(21-16)22-17(23)9-4-12-2-1-3-15(20)10-12/h1-11H,(H,21,22,23). The molecule has 0 fully saturated rings. The Morgan fingerprint density at radius 2 is 1.88 bits per heavy atom. The van der Waals surface area contributed by atoms with Gasteiger partial charge < -0.3 is 0 Å². The Morgan fingerprint density at radius 1 is 1.08 bits per heavy atom. The Hall–Kier alpha value is -2.14. The van der Waals surface area contributed by atoms with Gasteiger partial charge in [0.25, 0.3) is 0 Å². The number of hydrogen-bond acceptors (Lipinski definition) is 3. The highest BCUT2D eigenvalue weighted by Gasteiger charge is 2.06. The minimum absolute atomic E-state index is 0.244. The van der Waals surface area contributed by atoms with Gasteiger partial charge in [0.2, 0.25) is 5.91 Å². The van der Waals surface area contributed by atoms with Gasteiger partial charge in [0.05, 0.1) is 5.69 Å². The lowest BCUT2D eigenvalue weighted by molar-refractivity contribution is -0.111. The molecule has 0 atom stereocenters. The van der Waals surface area contributed by atoms with Crippen LogP contribution in [-0.2, 0) is 4.79 Å². The molecule has 1 amide bonds. The first-order valence-electron chi connectivity index (χ1n) is 7.06. The predicted octanol–water partition coefficient (Wildman–Crippen LogP) is 5.77. The molecule has 1 heterocycles. The highest BCUT2D eigenvalue weighted by atomic mass is 35.5. The molecule has 3 nitrogen and oxygen atoms in total. The number of rotatable bonds is 4. The van der Waals surface area contributed by atoms with Crippen LogP contribution < -0.4 is 5.32 Å². The van der Waals surface area contributed by atoms with Crippen molar-refractivity contribution < 1.29 is 4.79 Å². The van der Waals surface area contributed by atoms with Gasteiger partial charge in [-0.05, 0) is 35.9 Å². The molecule has 0 saturated carbocycles. The monoisotopic (exact) mass is 374 g/mol. The van der Waals surface area contributed by atoms with Crippen molar-refractivity contribution in [3.63, 3.8) is 0 Å². The van der Waals surface area contributed by atoms with E-state index in [0.29, 0.717) is 15.2 Å². The molecule has 0 radical (unpaired) electrons. The number of carbonyl (C=O) groups excluding carboxylic acids is 1. The van der Waals surface area contributed by atoms with Crippen molar-refractivity contribution in [1.29, 1.82) is 0 Å². The lowest BCUT2D eigenvalue weighted by atomic mass is 10.2. The van der Waals surface area contributed by atoms with Crippen LogP contribution in [0.15, 0.2) is 60.0 Å². The van der Waals surface area contributed by atoms with Gasteiger partial charge >= 0.3 is 0 Å². The van der Waals surface area contributed by atoms with Crippen LogP contribution in [-0.4, -0.2) is 10.9 Å². The highest BCUT2D eigenvalue weighted by molar-refractivity contribution is 7.14. The van der Waals surface area contributed by atoms with Crippen molar-refractivity contribution in [2.45, 2.75) is 0 Å². The zero-order chi connectivity index (χ0) is 16.9. The molecule has 1 N–H and O–H groups in total. The van der Waals surface area contributed by atoms with Gasteiger partial charge in [0, 0.05) is 27.1 Å². The fourth-order valence-electron chi connectivity index (χ4n) is 2.01. The quantitative estimate of drug-likeness (QED) is 0.589. The fraction of sp³-hybridized carbons (Fsp3) is 0. The second-order valence-electron chi connectivity index (χ2n) is 4.92. The average molecular weight is 375 g/mol. The maximum Gasteiger partial charge on any atom is 0.250 e. The van der Waals surface area contributed by atoms with Crippen molar-refractivity contribution >= 4 is 51.7 Å². The summed E-state index contributed by atoms with van der Waals surface area (Å²) in [5.74, 6) is -0.244. The maximum atomic E-state index is 12.0. The predicted molar refractivity (Wildman–Crippen MR) is 102 cm³/mol. The molecule has 0 aliphatic rings. The van der Waals surface area contributed by atoms with Gasteiger partial charge in [-0.2, -0.15) is 0 Å². The van der Waals surface area contributed by atoms with Crippen LogP contribution in [0.4, 0.5) is 5.13 Å². The Bertz CT molecular complexity index is 888. The van der Waals surface area contributed by atoms with E-state index >= 15 is 0 Å². The first-order chi connectivity index (χ1) is 11.6. The van der Waals surface area contributed by atoms with E-state index in [4.69, 9.17) is 23.2 Å². The van der Waals surface area contributed by atoms with Gasteiger partial charge in [-0.3, -0.25) is 10.1 Å². The number of nitrogens with zero attached hydrogens (tertiary/aromatic N) is 1. The summed E-state index contributed by atoms with van der Waals surface area (Å²) in [6, 6.07) is 14.7. The number of halogens is 2. The van der Waals surface area contributed by atoms with Crippen molar-refractivity contribution in [3.8, 4) is 11.3 Å². The summed E-state index contributed by atoms with van der Waals surface area (Å²) in [5.41, 5.74) is 2.61. The van der Waals surface area contributed by atoms with Crippen LogP contribution in [0.1, 0.15) is 5.56 Å². The third kappa shape index (κ3) is 4.45. The van der Waals surface area contributed by atoms with Crippen LogP contribution in [0.5, 0.6) is 0 Å². The third-order valence-electron chi connectivity index (χ3n) is 3.15. The second kappa shape index (κ2) is 7.62. The molecule has 1 aromatic heterocycles. The number of benzene rings is 2. The number of anilines is 1. The molecule has 0 unspecified atom stereocenters. The van der Waals surface area contributed by atoms with Crippen molar-refractivity contribution in [2.75, 3.05) is 5.32 Å². The molecular formula is C18H12Cl2N2OS. The molecule has 0 spiro atoms. The number of nitrogens with one attached hydrogen (secondary N) is 1. The van der Waals surface area contributed by atoms with Crippen molar-refractivity contribution in [3.05, 3.63) is 75.6 Å². The van der Waals surface area contributed by atoms with Crippen LogP contribution in [0, 0.1) is 0 Å². The Balaban J connectivity index is 1.66. The maximum absolute atomic E-state index is 12.0. The normalized spacial score (nSPS) is 10.9. The second-order valence-corrected chi connectivity index (χ2v) is 6.65. The molecule has 24 heavy (non-hydrogen) atoms. The van der Waals surface area contributed by atoms with Crippen LogP contribution in [0.3, 0.4) is 0 Å². The minimum Gasteiger partial charge on any atom is -0.298 e. The number of hydrogen-bond donors (Lipinski definition) is 1. The summed E-state index contributed by atoms with van der Waals surface area (Å²) < 4.78 is 0. The van der Waals surface area contributed by atoms with Gasteiger partial charge in [-0.1, -0.05) is 47.5 Å². The molecule has 120 valence electrons. The van der Waals surface area contributed by atoms with Gasteiger partial charge in [-0.25, -0.2) is 4.98 Å². The lowest BCUT2D eigenvalue weighted by Gasteiger charge is -1.98. The molecule has 2 aromatic carbocycles. The van der Waals surface area contributed by atoms with E-state index in [1.165, 1.54) is 17.4 Å². The third-order valence-corrected chi connectivity index (χ3v) is 4.39. The van der Waals surface area contributed by atoms with E-state index < -0.39 is 0 Å². The average Bonchev–Trinajstić information content (AvgIpc) is 3.02. The Morgan fingerprint density at radius 3 is 2.62 bits per heavy atom. The van der Waals surface area contributed by atoms with Gasteiger partial charge in [-0.15, -0.1) is 11.3 Å². The van der Waals surface area contributed by atoms with Crippen molar-refractivity contribution in [2.24, 2.45) is 0 Å². The van der Waals surface area contributed by atoms with Crippen LogP contribution >= 0.6 is 34.5 Å². The smallest absolute Gasteiger partial charge is 0.250 e. The summed E-state index contributed by atoms with van der Waals surface area (Å²) in [7, 11) is 0. The first-order valence-corrected chi connectivity index (χ1v) is 8.70. The van der Waals surface area contributed by atoms with Crippen LogP contribution in [0.2, 0.25) is 10.0 Å². The Kier molecular flexibility index (Phi) is 5.30. The van der Waals surface area contributed by atoms with Gasteiger partial charge in [0.15, 0.2) is 5.13 Å². The fourth-order valence-corrected chi connectivity index (χ4v) is 3.06. The van der Waals surface area contributed by atoms with E-state index in [0.717, 1.165) is 16.8 Å². The van der Waals surface area contributed by atoms with Gasteiger partial charge in [0.1, 0.15) is 0 Å². The number of aromatic nitrogens is 1. The van der Waals surface area contributed by atoms with E-state index in [1.54, 1.807) is 18.2 Å². The molecule has 0 bridgehead atoms. The largest absolute Gasteiger partial charge is 0.298 e. The molecule has 0 aliphatic carbocycles. The Labute approximate surface area is 153 Å². The zero-order valence-electron chi connectivity index (χ0n) is 12.4. The number of thiazole rings is 1. The SMILES string of the molecule is O=C(C=Cc1cccc(Cl)c1)Nc1nc(-c2ccc(Cl)cc2)cs1. The summed E-state index contributed by atoms with van der Waals surface area (Å²) in [6.45, 7) is 0. The summed E-state index contributed by atoms with van der Waals surface area (Å²) >= 11 is 13.2. The zero-order valence-corrected chi connectivity index (χ0v) is 14.7. The van der Waals surface area contributed by atoms with Crippen molar-refractivity contribution in [1.82, 2.24) is 4.98 Å². The highest BCUT2D eigenvalue weighted by Crippen LogP contribution is 2.26. The molecule has 3 rings (SSSR count). The molecular weight excluding hydrogens is 363 g/mol. The lowest BCUT2D eigenvalue weighted by Crippen LogP contribution is -2.07. The molecule has 0 aliphatic heterocycles. The number of carbonyl (C=O) groups is 1. The van der Waals surface area contributed by atoms with Crippen LogP contribution in [0.25, 0.3) is 17.3 Å². The van der Waals surface area contributed by atoms with E-state index in [-0.39, 0.29) is 5.91 Å². The van der Waals surface area contributed by atoms with E-state index in [2.05, 4.69) is 10.3 Å². The summed E-state index contributed by atoms with van der Waals surface area (Å²) in [4.78, 5) is 16.4. The first kappa shape index (κ1) is 16.7. The topological polar surface area (TPSA) is 42.0 Å². The summed E-state index contributed by atoms with van der Waals surface area (Å²) in [6.07, 6.45) is 3.16. The molecule has 0 saturated heterocycles.